The zero-order chi connectivity index (χ0) is 13.0. The molecule has 5 heteroatoms. The second-order valence-corrected chi connectivity index (χ2v) is 5.22. The Bertz CT molecular complexity index is 595. The number of hydrogen-bond donors (Lipinski definition) is 1. The monoisotopic (exact) mass is 251 g/mol. The molecule has 0 aliphatic heterocycles. The number of pyridine rings is 1. The number of halogens is 2. The van der Waals surface area contributed by atoms with E-state index in [0.717, 1.165) is 16.6 Å². The average Bonchev–Trinajstić information content (AvgIpc) is 2.64. The molecule has 1 aliphatic rings. The Kier molecular flexibility index (Phi) is 2.26. The summed E-state index contributed by atoms with van der Waals surface area (Å²) in [6.45, 7) is 0.247. The van der Waals surface area contributed by atoms with Crippen molar-refractivity contribution in [3.8, 4) is 0 Å². The van der Waals surface area contributed by atoms with Crippen LogP contribution in [0.25, 0.3) is 11.0 Å². The van der Waals surface area contributed by atoms with Gasteiger partial charge in [-0.1, -0.05) is 0 Å². The molecule has 3 nitrogen and oxygen atoms in total. The molecular weight excluding hydrogens is 236 g/mol. The molecular formula is C13H15F2N3. The van der Waals surface area contributed by atoms with Gasteiger partial charge in [0.15, 0.2) is 0 Å². The molecule has 0 spiro atoms. The third kappa shape index (κ3) is 1.47. The Balaban J connectivity index is 2.15. The summed E-state index contributed by atoms with van der Waals surface area (Å²) in [5, 5.41) is 0.931. The Labute approximate surface area is 104 Å². The highest BCUT2D eigenvalue weighted by Gasteiger charge is 2.57. The molecule has 2 N–H and O–H groups in total. The van der Waals surface area contributed by atoms with Crippen molar-refractivity contribution in [1.82, 2.24) is 9.55 Å². The lowest BCUT2D eigenvalue weighted by atomic mass is 9.62. The van der Waals surface area contributed by atoms with Crippen molar-refractivity contribution in [3.05, 3.63) is 30.1 Å². The fourth-order valence-electron chi connectivity index (χ4n) is 3.02. The lowest BCUT2D eigenvalue weighted by Gasteiger charge is -2.46. The van der Waals surface area contributed by atoms with E-state index in [0.29, 0.717) is 0 Å². The third-order valence-corrected chi connectivity index (χ3v) is 3.89. The molecule has 2 aromatic rings. The quantitative estimate of drug-likeness (QED) is 0.889. The summed E-state index contributed by atoms with van der Waals surface area (Å²) < 4.78 is 28.3. The number of nitrogens with zero attached hydrogens (tertiary/aromatic N) is 2. The fraction of sp³-hybridized carbons (Fsp3) is 0.462. The van der Waals surface area contributed by atoms with Crippen LogP contribution in [0.4, 0.5) is 8.78 Å². The molecule has 0 atom stereocenters. The Morgan fingerprint density at radius 1 is 1.44 bits per heavy atom. The summed E-state index contributed by atoms with van der Waals surface area (Å²) in [7, 11) is 1.87. The van der Waals surface area contributed by atoms with Crippen molar-refractivity contribution in [2.45, 2.75) is 24.2 Å². The van der Waals surface area contributed by atoms with Gasteiger partial charge in [-0.2, -0.15) is 0 Å². The Hall–Kier alpha value is -1.49. The number of fused-ring (bicyclic) bond motifs is 1. The smallest absolute Gasteiger partial charge is 0.250 e. The number of aromatic nitrogens is 2. The molecule has 0 unspecified atom stereocenters. The van der Waals surface area contributed by atoms with Crippen molar-refractivity contribution in [3.63, 3.8) is 0 Å². The number of hydrogen-bond acceptors (Lipinski definition) is 2. The summed E-state index contributed by atoms with van der Waals surface area (Å²) in [4.78, 5) is 4.28. The summed E-state index contributed by atoms with van der Waals surface area (Å²) >= 11 is 0. The normalized spacial score (nSPS) is 20.9. The van der Waals surface area contributed by atoms with Crippen molar-refractivity contribution < 1.29 is 8.78 Å². The van der Waals surface area contributed by atoms with Gasteiger partial charge < -0.3 is 10.3 Å². The van der Waals surface area contributed by atoms with Gasteiger partial charge in [-0.25, -0.2) is 13.8 Å². The molecule has 0 radical (unpaired) electrons. The number of aryl methyl sites for hydroxylation is 1. The van der Waals surface area contributed by atoms with E-state index < -0.39 is 11.3 Å². The minimum Gasteiger partial charge on any atom is -0.335 e. The minimum absolute atomic E-state index is 0.162. The van der Waals surface area contributed by atoms with Crippen LogP contribution in [0.2, 0.25) is 0 Å². The molecule has 18 heavy (non-hydrogen) atoms. The minimum atomic E-state index is -2.58. The van der Waals surface area contributed by atoms with Crippen LogP contribution in [0.15, 0.2) is 24.5 Å². The first-order valence-electron chi connectivity index (χ1n) is 5.96. The SMILES string of the molecule is Cn1cc(C2(CN)CC(F)(F)C2)c2cccnc21. The van der Waals surface area contributed by atoms with E-state index in [4.69, 9.17) is 5.73 Å². The van der Waals surface area contributed by atoms with Crippen LogP contribution in [0.1, 0.15) is 18.4 Å². The maximum atomic E-state index is 13.2. The summed E-state index contributed by atoms with van der Waals surface area (Å²) in [6, 6.07) is 3.75. The van der Waals surface area contributed by atoms with Gasteiger partial charge in [-0.3, -0.25) is 0 Å². The lowest BCUT2D eigenvalue weighted by molar-refractivity contribution is -0.123. The van der Waals surface area contributed by atoms with Gasteiger partial charge in [0.1, 0.15) is 5.65 Å². The maximum Gasteiger partial charge on any atom is 0.250 e. The number of alkyl halides is 2. The van der Waals surface area contributed by atoms with Crippen LogP contribution in [0.5, 0.6) is 0 Å². The van der Waals surface area contributed by atoms with Crippen LogP contribution < -0.4 is 5.73 Å². The van der Waals surface area contributed by atoms with Crippen molar-refractivity contribution in [2.75, 3.05) is 6.54 Å². The summed E-state index contributed by atoms with van der Waals surface area (Å²) in [5.74, 6) is -2.58. The van der Waals surface area contributed by atoms with Gasteiger partial charge in [0.25, 0.3) is 0 Å². The van der Waals surface area contributed by atoms with Crippen molar-refractivity contribution in [1.29, 1.82) is 0 Å². The van der Waals surface area contributed by atoms with E-state index in [1.807, 2.05) is 29.9 Å². The van der Waals surface area contributed by atoms with Gasteiger partial charge in [0, 0.05) is 49.6 Å². The zero-order valence-electron chi connectivity index (χ0n) is 10.2. The molecule has 0 bridgehead atoms. The first-order chi connectivity index (χ1) is 8.47. The van der Waals surface area contributed by atoms with Crippen LogP contribution in [0, 0.1) is 0 Å². The van der Waals surface area contributed by atoms with Gasteiger partial charge in [-0.15, -0.1) is 0 Å². The van der Waals surface area contributed by atoms with E-state index in [1.165, 1.54) is 0 Å². The molecule has 1 fully saturated rings. The number of nitrogens with two attached hydrogens (primary N) is 1. The van der Waals surface area contributed by atoms with Gasteiger partial charge in [-0.05, 0) is 17.7 Å². The van der Waals surface area contributed by atoms with E-state index in [9.17, 15) is 8.78 Å². The highest BCUT2D eigenvalue weighted by Crippen LogP contribution is 2.54. The van der Waals surface area contributed by atoms with Crippen LogP contribution in [-0.4, -0.2) is 22.0 Å². The molecule has 0 saturated heterocycles. The molecule has 1 saturated carbocycles. The van der Waals surface area contributed by atoms with E-state index in [1.54, 1.807) is 6.20 Å². The molecule has 96 valence electrons. The number of rotatable bonds is 2. The third-order valence-electron chi connectivity index (χ3n) is 3.89. The van der Waals surface area contributed by atoms with Gasteiger partial charge in [0.05, 0.1) is 0 Å². The summed E-state index contributed by atoms with van der Waals surface area (Å²) in [5.41, 5.74) is 6.89. The average molecular weight is 251 g/mol. The van der Waals surface area contributed by atoms with Gasteiger partial charge in [0.2, 0.25) is 5.92 Å². The summed E-state index contributed by atoms with van der Waals surface area (Å²) in [6.07, 6.45) is 3.27. The standard InChI is InChI=1S/C13H15F2N3/c1-18-5-10(9-3-2-4-17-11(9)18)12(8-16)6-13(14,15)7-12/h2-5H,6-8,16H2,1H3. The predicted molar refractivity (Wildman–Crippen MR) is 65.6 cm³/mol. The lowest BCUT2D eigenvalue weighted by Crippen LogP contribution is -2.53. The maximum absolute atomic E-state index is 13.2. The molecule has 0 amide bonds. The Morgan fingerprint density at radius 2 is 2.17 bits per heavy atom. The molecule has 2 heterocycles. The Morgan fingerprint density at radius 3 is 2.78 bits per heavy atom. The highest BCUT2D eigenvalue weighted by molar-refractivity contribution is 5.82. The van der Waals surface area contributed by atoms with E-state index >= 15 is 0 Å². The molecule has 1 aliphatic carbocycles. The van der Waals surface area contributed by atoms with Crippen LogP contribution >= 0.6 is 0 Å². The largest absolute Gasteiger partial charge is 0.335 e. The molecule has 0 aromatic carbocycles. The van der Waals surface area contributed by atoms with E-state index in [-0.39, 0.29) is 19.4 Å². The fourth-order valence-corrected chi connectivity index (χ4v) is 3.02. The topological polar surface area (TPSA) is 43.8 Å². The van der Waals surface area contributed by atoms with Crippen LogP contribution in [0.3, 0.4) is 0 Å². The first-order valence-corrected chi connectivity index (χ1v) is 5.96. The zero-order valence-corrected chi connectivity index (χ0v) is 10.2. The van der Waals surface area contributed by atoms with E-state index in [2.05, 4.69) is 4.98 Å². The molecule has 3 rings (SSSR count). The predicted octanol–water partition coefficient (Wildman–Crippen LogP) is 2.20. The van der Waals surface area contributed by atoms with Crippen LogP contribution in [-0.2, 0) is 12.5 Å². The van der Waals surface area contributed by atoms with Crippen molar-refractivity contribution in [2.24, 2.45) is 12.8 Å². The van der Waals surface area contributed by atoms with Gasteiger partial charge >= 0.3 is 0 Å². The first kappa shape index (κ1) is 11.6. The highest BCUT2D eigenvalue weighted by atomic mass is 19.3. The second-order valence-electron chi connectivity index (χ2n) is 5.22. The molecule has 2 aromatic heterocycles. The second kappa shape index (κ2) is 3.51. The van der Waals surface area contributed by atoms with Crippen molar-refractivity contribution >= 4 is 11.0 Å².